The zero-order chi connectivity index (χ0) is 29.8. The molecule has 6 rings (SSSR count). The molecule has 0 aliphatic heterocycles. The van der Waals surface area contributed by atoms with Gasteiger partial charge in [0.15, 0.2) is 0 Å². The third kappa shape index (κ3) is 6.16. The lowest BCUT2D eigenvalue weighted by molar-refractivity contribution is 0.483. The first-order valence-electron chi connectivity index (χ1n) is 14.8. The lowest BCUT2D eigenvalue weighted by Crippen LogP contribution is -2.23. The summed E-state index contributed by atoms with van der Waals surface area (Å²) < 4.78 is 6.14. The van der Waals surface area contributed by atoms with Gasteiger partial charge >= 0.3 is 0 Å². The molecule has 2 heterocycles. The van der Waals surface area contributed by atoms with Crippen LogP contribution in [0.2, 0.25) is 0 Å². The first kappa shape index (κ1) is 27.8. The average Bonchev–Trinajstić information content (AvgIpc) is 3.67. The largest absolute Gasteiger partial charge is 0.457 e. The fraction of sp³-hybridized carbons (Fsp3) is 0.167. The second kappa shape index (κ2) is 12.3. The van der Waals surface area contributed by atoms with Crippen LogP contribution < -0.4 is 15.4 Å². The van der Waals surface area contributed by atoms with E-state index in [4.69, 9.17) is 15.6 Å². The minimum atomic E-state index is 0.447. The van der Waals surface area contributed by atoms with Crippen LogP contribution in [0, 0.1) is 10.8 Å². The van der Waals surface area contributed by atoms with E-state index < -0.39 is 0 Å². The van der Waals surface area contributed by atoms with Gasteiger partial charge in [0.2, 0.25) is 0 Å². The summed E-state index contributed by atoms with van der Waals surface area (Å²) in [5, 5.41) is 25.0. The fourth-order valence-corrected chi connectivity index (χ4v) is 5.12. The Labute approximate surface area is 251 Å². The Morgan fingerprint density at radius 1 is 0.581 bits per heavy atom. The molecular formula is C36H36N6O. The molecule has 0 spiro atoms. The molecule has 2 aromatic heterocycles. The van der Waals surface area contributed by atoms with Gasteiger partial charge in [0, 0.05) is 57.4 Å². The van der Waals surface area contributed by atoms with Crippen molar-refractivity contribution in [3.05, 3.63) is 108 Å². The van der Waals surface area contributed by atoms with Crippen LogP contribution in [-0.2, 0) is 0 Å². The Kier molecular flexibility index (Phi) is 7.96. The van der Waals surface area contributed by atoms with Crippen LogP contribution in [0.5, 0.6) is 11.5 Å². The van der Waals surface area contributed by atoms with Gasteiger partial charge in [-0.1, -0.05) is 38.1 Å². The number of hydrogen-bond acceptors (Lipinski definition) is 3. The molecule has 0 saturated carbocycles. The minimum absolute atomic E-state index is 0.447. The highest BCUT2D eigenvalue weighted by Gasteiger charge is 2.09. The summed E-state index contributed by atoms with van der Waals surface area (Å²) in [6, 6.07) is 32.5. The number of nitrogens with one attached hydrogen (secondary N) is 6. The lowest BCUT2D eigenvalue weighted by atomic mass is 10.1. The van der Waals surface area contributed by atoms with Gasteiger partial charge in [-0.3, -0.25) is 10.8 Å². The van der Waals surface area contributed by atoms with Crippen LogP contribution >= 0.6 is 0 Å². The summed E-state index contributed by atoms with van der Waals surface area (Å²) in [5.41, 5.74) is 7.95. The van der Waals surface area contributed by atoms with Crippen LogP contribution in [-0.4, -0.2) is 34.7 Å². The third-order valence-electron chi connectivity index (χ3n) is 7.49. The Balaban J connectivity index is 1.12. The van der Waals surface area contributed by atoms with Gasteiger partial charge < -0.3 is 25.3 Å². The normalized spacial score (nSPS) is 11.1. The molecule has 0 aliphatic rings. The molecular weight excluding hydrogens is 532 g/mol. The number of benzene rings is 4. The Morgan fingerprint density at radius 3 is 1.40 bits per heavy atom. The molecule has 0 amide bonds. The van der Waals surface area contributed by atoms with Crippen LogP contribution in [0.1, 0.15) is 37.8 Å². The van der Waals surface area contributed by atoms with Crippen LogP contribution in [0.3, 0.4) is 0 Å². The van der Waals surface area contributed by atoms with Crippen LogP contribution in [0.25, 0.3) is 44.3 Å². The summed E-state index contributed by atoms with van der Waals surface area (Å²) in [5.74, 6) is 2.43. The highest BCUT2D eigenvalue weighted by Crippen LogP contribution is 2.30. The van der Waals surface area contributed by atoms with Crippen molar-refractivity contribution < 1.29 is 4.74 Å². The molecule has 6 N–H and O–H groups in total. The number of aromatic nitrogens is 2. The fourth-order valence-electron chi connectivity index (χ4n) is 5.12. The van der Waals surface area contributed by atoms with Crippen molar-refractivity contribution in [3.63, 3.8) is 0 Å². The molecule has 216 valence electrons. The number of fused-ring (bicyclic) bond motifs is 2. The zero-order valence-corrected chi connectivity index (χ0v) is 24.5. The third-order valence-corrected chi connectivity index (χ3v) is 7.49. The van der Waals surface area contributed by atoms with E-state index in [-0.39, 0.29) is 0 Å². The van der Waals surface area contributed by atoms with E-state index in [0.29, 0.717) is 11.7 Å². The summed E-state index contributed by atoms with van der Waals surface area (Å²) in [7, 11) is 0. The first-order chi connectivity index (χ1) is 21.0. The number of H-pyrrole nitrogens is 2. The van der Waals surface area contributed by atoms with E-state index >= 15 is 0 Å². The Morgan fingerprint density at radius 2 is 1.00 bits per heavy atom. The summed E-state index contributed by atoms with van der Waals surface area (Å²) in [6.45, 7) is 5.77. The van der Waals surface area contributed by atoms with E-state index in [0.717, 1.165) is 92.9 Å². The van der Waals surface area contributed by atoms with E-state index in [2.05, 4.69) is 83.0 Å². The molecule has 7 nitrogen and oxygen atoms in total. The second-order valence-electron chi connectivity index (χ2n) is 10.7. The maximum absolute atomic E-state index is 8.26. The predicted octanol–water partition coefficient (Wildman–Crippen LogP) is 8.43. The number of aromatic amines is 2. The quantitative estimate of drug-likeness (QED) is 0.0736. The zero-order valence-electron chi connectivity index (χ0n) is 24.5. The maximum atomic E-state index is 8.26. The molecule has 0 fully saturated rings. The minimum Gasteiger partial charge on any atom is -0.457 e. The first-order valence-corrected chi connectivity index (χ1v) is 14.8. The highest BCUT2D eigenvalue weighted by molar-refractivity contribution is 6.01. The molecule has 0 saturated heterocycles. The molecule has 0 bridgehead atoms. The number of amidine groups is 2. The van der Waals surface area contributed by atoms with Crippen molar-refractivity contribution in [1.29, 1.82) is 10.8 Å². The predicted molar refractivity (Wildman–Crippen MR) is 178 cm³/mol. The molecule has 7 heteroatoms. The molecule has 0 radical (unpaired) electrons. The number of ether oxygens (including phenoxy) is 1. The summed E-state index contributed by atoms with van der Waals surface area (Å²) >= 11 is 0. The standard InChI is InChI=1S/C36H36N6O/c1-3-17-39-35(37)27-7-5-25-19-31(41-33(25)21-27)23-9-13-29(14-10-23)43-30-15-11-24(12-16-30)32-20-26-6-8-28(22-34(26)42-32)36(38)40-18-4-2/h5-16,19-22,41-42H,3-4,17-18H2,1-2H3,(H2,37,39)(H2,38,40). The van der Waals surface area contributed by atoms with Crippen molar-refractivity contribution in [2.45, 2.75) is 26.7 Å². The van der Waals surface area contributed by atoms with E-state index in [1.165, 1.54) is 0 Å². The van der Waals surface area contributed by atoms with Crippen molar-refractivity contribution >= 4 is 33.5 Å². The summed E-state index contributed by atoms with van der Waals surface area (Å²) in [6.07, 6.45) is 1.97. The SMILES string of the molecule is CCCNC(=N)c1ccc2cc(-c3ccc(Oc4ccc(-c5cc6ccc(C(=N)NCCC)cc6[nH]5)cc4)cc3)[nH]c2c1. The van der Waals surface area contributed by atoms with Gasteiger partial charge in [0.25, 0.3) is 0 Å². The van der Waals surface area contributed by atoms with Crippen molar-refractivity contribution in [3.8, 4) is 34.0 Å². The molecule has 43 heavy (non-hydrogen) atoms. The van der Waals surface area contributed by atoms with Crippen LogP contribution in [0.4, 0.5) is 0 Å². The average molecular weight is 569 g/mol. The lowest BCUT2D eigenvalue weighted by Gasteiger charge is -2.07. The van der Waals surface area contributed by atoms with Gasteiger partial charge in [0.1, 0.15) is 23.2 Å². The molecule has 6 aromatic rings. The van der Waals surface area contributed by atoms with Crippen LogP contribution in [0.15, 0.2) is 97.1 Å². The van der Waals surface area contributed by atoms with Gasteiger partial charge in [-0.2, -0.15) is 0 Å². The molecule has 0 atom stereocenters. The highest BCUT2D eigenvalue weighted by atomic mass is 16.5. The van der Waals surface area contributed by atoms with Gasteiger partial charge in [-0.25, -0.2) is 0 Å². The molecule has 0 unspecified atom stereocenters. The van der Waals surface area contributed by atoms with Gasteiger partial charge in [-0.15, -0.1) is 0 Å². The van der Waals surface area contributed by atoms with Crippen molar-refractivity contribution in [1.82, 2.24) is 20.6 Å². The van der Waals surface area contributed by atoms with Gasteiger partial charge in [0.05, 0.1) is 0 Å². The Bertz CT molecular complexity index is 1760. The summed E-state index contributed by atoms with van der Waals surface area (Å²) in [4.78, 5) is 7.00. The topological polar surface area (TPSA) is 113 Å². The monoisotopic (exact) mass is 568 g/mol. The van der Waals surface area contributed by atoms with Gasteiger partial charge in [-0.05, 0) is 96.8 Å². The maximum Gasteiger partial charge on any atom is 0.127 e. The smallest absolute Gasteiger partial charge is 0.127 e. The van der Waals surface area contributed by atoms with Crippen molar-refractivity contribution in [2.24, 2.45) is 0 Å². The number of rotatable bonds is 10. The van der Waals surface area contributed by atoms with Crippen molar-refractivity contribution in [2.75, 3.05) is 13.1 Å². The van der Waals surface area contributed by atoms with E-state index in [1.54, 1.807) is 0 Å². The molecule has 4 aromatic carbocycles. The number of hydrogen-bond donors (Lipinski definition) is 6. The van der Waals surface area contributed by atoms with E-state index in [1.807, 2.05) is 48.5 Å². The Hall–Kier alpha value is -5.30. The molecule has 0 aliphatic carbocycles. The second-order valence-corrected chi connectivity index (χ2v) is 10.7. The van der Waals surface area contributed by atoms with E-state index in [9.17, 15) is 0 Å².